The first-order chi connectivity index (χ1) is 12.7. The van der Waals surface area contributed by atoms with E-state index in [1.165, 1.54) is 32.0 Å². The SMILES string of the molecule is Cc1cc(C(=O)N(C)C)cc(F)c1C1CCN(C(=O)OC(C)(C)C)CC1(F)F. The summed E-state index contributed by atoms with van der Waals surface area (Å²) in [5.74, 6) is -5.94. The zero-order chi connectivity index (χ0) is 21.4. The Hall–Kier alpha value is -2.25. The van der Waals surface area contributed by atoms with Crippen molar-refractivity contribution in [3.63, 3.8) is 0 Å². The van der Waals surface area contributed by atoms with Gasteiger partial charge in [-0.1, -0.05) is 0 Å². The van der Waals surface area contributed by atoms with Crippen LogP contribution >= 0.6 is 0 Å². The van der Waals surface area contributed by atoms with E-state index >= 15 is 0 Å². The lowest BCUT2D eigenvalue weighted by molar-refractivity contribution is -0.0856. The van der Waals surface area contributed by atoms with Gasteiger partial charge in [0.2, 0.25) is 0 Å². The molecule has 1 aliphatic heterocycles. The van der Waals surface area contributed by atoms with Gasteiger partial charge in [0.15, 0.2) is 0 Å². The number of amides is 2. The molecule has 0 aliphatic carbocycles. The molecule has 1 atom stereocenters. The molecule has 5 nitrogen and oxygen atoms in total. The number of alkyl halides is 2. The summed E-state index contributed by atoms with van der Waals surface area (Å²) >= 11 is 0. The van der Waals surface area contributed by atoms with Crippen LogP contribution in [0.5, 0.6) is 0 Å². The minimum absolute atomic E-state index is 0.0342. The van der Waals surface area contributed by atoms with Gasteiger partial charge in [-0.2, -0.15) is 0 Å². The number of carbonyl (C=O) groups is 2. The number of hydrogen-bond donors (Lipinski definition) is 0. The van der Waals surface area contributed by atoms with Crippen molar-refractivity contribution in [2.75, 3.05) is 27.2 Å². The summed E-state index contributed by atoms with van der Waals surface area (Å²) in [6.45, 7) is 5.68. The van der Waals surface area contributed by atoms with Gasteiger partial charge in [-0.05, 0) is 57.4 Å². The zero-order valence-corrected chi connectivity index (χ0v) is 17.1. The van der Waals surface area contributed by atoms with Gasteiger partial charge in [0, 0.05) is 26.2 Å². The Kier molecular flexibility index (Phi) is 6.01. The lowest BCUT2D eigenvalue weighted by Gasteiger charge is -2.39. The summed E-state index contributed by atoms with van der Waals surface area (Å²) in [6.07, 6.45) is -0.917. The number of carbonyl (C=O) groups excluding carboxylic acids is 2. The molecule has 1 aliphatic rings. The van der Waals surface area contributed by atoms with Crippen molar-refractivity contribution < 1.29 is 27.5 Å². The van der Waals surface area contributed by atoms with Crippen molar-refractivity contribution in [2.45, 2.75) is 51.6 Å². The Morgan fingerprint density at radius 1 is 1.25 bits per heavy atom. The van der Waals surface area contributed by atoms with E-state index in [1.807, 2.05) is 0 Å². The van der Waals surface area contributed by atoms with Crippen LogP contribution in [-0.4, -0.2) is 60.5 Å². The second-order valence-electron chi connectivity index (χ2n) is 8.39. The first kappa shape index (κ1) is 22.0. The van der Waals surface area contributed by atoms with Crippen molar-refractivity contribution in [3.8, 4) is 0 Å². The molecule has 1 unspecified atom stereocenters. The lowest BCUT2D eigenvalue weighted by Crippen LogP contribution is -2.51. The van der Waals surface area contributed by atoms with Gasteiger partial charge in [-0.25, -0.2) is 18.0 Å². The molecule has 0 N–H and O–H groups in total. The summed E-state index contributed by atoms with van der Waals surface area (Å²) in [7, 11) is 3.06. The molecule has 1 aromatic carbocycles. The molecule has 0 bridgehead atoms. The van der Waals surface area contributed by atoms with E-state index in [1.54, 1.807) is 20.8 Å². The molecule has 0 radical (unpaired) electrons. The Morgan fingerprint density at radius 2 is 1.86 bits per heavy atom. The maximum Gasteiger partial charge on any atom is 0.410 e. The summed E-state index contributed by atoms with van der Waals surface area (Å²) in [4.78, 5) is 26.4. The van der Waals surface area contributed by atoms with E-state index < -0.39 is 41.8 Å². The van der Waals surface area contributed by atoms with Crippen LogP contribution in [0, 0.1) is 12.7 Å². The van der Waals surface area contributed by atoms with Gasteiger partial charge in [0.05, 0.1) is 12.5 Å². The van der Waals surface area contributed by atoms with Gasteiger partial charge in [0.25, 0.3) is 11.8 Å². The van der Waals surface area contributed by atoms with Crippen molar-refractivity contribution in [1.29, 1.82) is 0 Å². The molecule has 2 rings (SSSR count). The molecular weight excluding hydrogens is 373 g/mol. The second-order valence-corrected chi connectivity index (χ2v) is 8.39. The number of hydrogen-bond acceptors (Lipinski definition) is 3. The molecule has 1 aromatic rings. The summed E-state index contributed by atoms with van der Waals surface area (Å²) in [5.41, 5.74) is -0.497. The minimum Gasteiger partial charge on any atom is -0.444 e. The highest BCUT2D eigenvalue weighted by Gasteiger charge is 2.48. The van der Waals surface area contributed by atoms with Crippen molar-refractivity contribution in [3.05, 3.63) is 34.6 Å². The number of halogens is 3. The molecule has 2 amide bonds. The summed E-state index contributed by atoms with van der Waals surface area (Å²) in [5, 5.41) is 0. The maximum absolute atomic E-state index is 14.9. The Balaban J connectivity index is 2.28. The quantitative estimate of drug-likeness (QED) is 0.748. The number of likely N-dealkylation sites (tertiary alicyclic amines) is 1. The Labute approximate surface area is 163 Å². The monoisotopic (exact) mass is 400 g/mol. The highest BCUT2D eigenvalue weighted by molar-refractivity contribution is 5.94. The number of piperidine rings is 1. The second kappa shape index (κ2) is 7.64. The smallest absolute Gasteiger partial charge is 0.410 e. The fraction of sp³-hybridized carbons (Fsp3) is 0.600. The van der Waals surface area contributed by atoms with E-state index in [4.69, 9.17) is 4.74 Å². The van der Waals surface area contributed by atoms with Crippen LogP contribution < -0.4 is 0 Å². The predicted molar refractivity (Wildman–Crippen MR) is 99.3 cm³/mol. The van der Waals surface area contributed by atoms with Crippen LogP contribution in [0.1, 0.15) is 54.6 Å². The molecule has 8 heteroatoms. The first-order valence-corrected chi connectivity index (χ1v) is 9.10. The third-order valence-corrected chi connectivity index (χ3v) is 4.59. The Bertz CT molecular complexity index is 749. The maximum atomic E-state index is 14.9. The van der Waals surface area contributed by atoms with Gasteiger partial charge in [-0.15, -0.1) is 0 Å². The van der Waals surface area contributed by atoms with Crippen LogP contribution in [0.3, 0.4) is 0 Å². The highest BCUT2D eigenvalue weighted by Crippen LogP contribution is 2.43. The molecule has 1 saturated heterocycles. The van der Waals surface area contributed by atoms with Crippen LogP contribution in [0.4, 0.5) is 18.0 Å². The van der Waals surface area contributed by atoms with E-state index in [2.05, 4.69) is 0 Å². The first-order valence-electron chi connectivity index (χ1n) is 9.10. The zero-order valence-electron chi connectivity index (χ0n) is 17.1. The molecule has 1 heterocycles. The normalized spacial score (nSPS) is 19.3. The summed E-state index contributed by atoms with van der Waals surface area (Å²) < 4.78 is 49.6. The van der Waals surface area contributed by atoms with Crippen molar-refractivity contribution in [2.24, 2.45) is 0 Å². The van der Waals surface area contributed by atoms with Crippen LogP contribution in [-0.2, 0) is 4.74 Å². The molecule has 1 fully saturated rings. The lowest BCUT2D eigenvalue weighted by atomic mass is 9.83. The number of aryl methyl sites for hydroxylation is 1. The fourth-order valence-corrected chi connectivity index (χ4v) is 3.36. The molecule has 0 saturated carbocycles. The van der Waals surface area contributed by atoms with E-state index in [-0.39, 0.29) is 24.1 Å². The van der Waals surface area contributed by atoms with Crippen molar-refractivity contribution in [1.82, 2.24) is 9.80 Å². The van der Waals surface area contributed by atoms with E-state index in [0.717, 1.165) is 11.0 Å². The third-order valence-electron chi connectivity index (χ3n) is 4.59. The van der Waals surface area contributed by atoms with Crippen LogP contribution in [0.25, 0.3) is 0 Å². The van der Waals surface area contributed by atoms with Crippen molar-refractivity contribution >= 4 is 12.0 Å². The van der Waals surface area contributed by atoms with Crippen LogP contribution in [0.15, 0.2) is 12.1 Å². The van der Waals surface area contributed by atoms with E-state index in [0.29, 0.717) is 5.56 Å². The Morgan fingerprint density at radius 3 is 2.32 bits per heavy atom. The fourth-order valence-electron chi connectivity index (χ4n) is 3.36. The topological polar surface area (TPSA) is 49.9 Å². The van der Waals surface area contributed by atoms with Gasteiger partial charge in [-0.3, -0.25) is 4.79 Å². The molecule has 28 heavy (non-hydrogen) atoms. The number of nitrogens with zero attached hydrogens (tertiary/aromatic N) is 2. The van der Waals surface area contributed by atoms with Gasteiger partial charge >= 0.3 is 6.09 Å². The number of ether oxygens (including phenoxy) is 1. The molecular formula is C20H27F3N2O3. The van der Waals surface area contributed by atoms with Crippen LogP contribution in [0.2, 0.25) is 0 Å². The van der Waals surface area contributed by atoms with E-state index in [9.17, 15) is 22.8 Å². The molecule has 0 aromatic heterocycles. The standard InChI is InChI=1S/C20H27F3N2O3/c1-12-9-13(17(26)24(5)6)10-15(21)16(12)14-7-8-25(11-20(14,22)23)18(27)28-19(2,3)4/h9-10,14H,7-8,11H2,1-6H3. The number of rotatable bonds is 2. The third kappa shape index (κ3) is 4.77. The minimum atomic E-state index is -3.33. The average Bonchev–Trinajstić information content (AvgIpc) is 2.52. The highest BCUT2D eigenvalue weighted by atomic mass is 19.3. The predicted octanol–water partition coefficient (Wildman–Crippen LogP) is 4.20. The summed E-state index contributed by atoms with van der Waals surface area (Å²) in [6, 6.07) is 2.43. The average molecular weight is 400 g/mol. The molecule has 156 valence electrons. The van der Waals surface area contributed by atoms with Gasteiger partial charge in [0.1, 0.15) is 11.4 Å². The number of benzene rings is 1. The van der Waals surface area contributed by atoms with Gasteiger partial charge < -0.3 is 14.5 Å². The molecule has 0 spiro atoms. The largest absolute Gasteiger partial charge is 0.444 e.